The molecule has 1 aromatic heterocycles. The molecule has 0 aliphatic rings. The molecule has 1 nitrogen and oxygen atoms in total. The quantitative estimate of drug-likeness (QED) is 0.167. The fourth-order valence-corrected chi connectivity index (χ4v) is 7.48. The first-order valence-electron chi connectivity index (χ1n) is 27.0. The third-order valence-corrected chi connectivity index (χ3v) is 9.84. The summed E-state index contributed by atoms with van der Waals surface area (Å²) in [6.45, 7) is 0. The van der Waals surface area contributed by atoms with Gasteiger partial charge in [0.1, 0.15) is 0 Å². The number of nitrogens with zero attached hydrogens (tertiary/aromatic N) is 1. The van der Waals surface area contributed by atoms with E-state index in [0.29, 0.717) is 11.1 Å². The van der Waals surface area contributed by atoms with E-state index in [1.165, 1.54) is 17.4 Å². The summed E-state index contributed by atoms with van der Waals surface area (Å²) >= 11 is 1.51. The van der Waals surface area contributed by atoms with Crippen LogP contribution in [0.1, 0.15) is 30.2 Å². The van der Waals surface area contributed by atoms with E-state index < -0.39 is 188 Å². The maximum Gasteiger partial charge on any atom is 0.0645 e. The van der Waals surface area contributed by atoms with Gasteiger partial charge in [0.05, 0.1) is 30.2 Å². The van der Waals surface area contributed by atoms with Gasteiger partial charge >= 0.3 is 0 Å². The van der Waals surface area contributed by atoms with Gasteiger partial charge in [0, 0.05) is 37.2 Å². The van der Waals surface area contributed by atoms with E-state index in [9.17, 15) is 11.0 Å². The van der Waals surface area contributed by atoms with Crippen LogP contribution >= 0.6 is 11.3 Å². The number of fused-ring (bicyclic) bond motifs is 5. The van der Waals surface area contributed by atoms with Crippen LogP contribution in [-0.2, 0) is 0 Å². The molecule has 0 aliphatic carbocycles. The zero-order valence-electron chi connectivity index (χ0n) is 48.7. The van der Waals surface area contributed by atoms with Crippen LogP contribution in [0.2, 0.25) is 0 Å². The highest BCUT2D eigenvalue weighted by molar-refractivity contribution is 7.26. The molecule has 9 aromatic carbocycles. The van der Waals surface area contributed by atoms with Crippen LogP contribution in [0.15, 0.2) is 200 Å². The second kappa shape index (κ2) is 12.7. The van der Waals surface area contributed by atoms with Crippen LogP contribution in [0.4, 0.5) is 17.1 Å². The second-order valence-corrected chi connectivity index (χ2v) is 12.7. The minimum Gasteiger partial charge on any atom is -0.310 e. The lowest BCUT2D eigenvalue weighted by atomic mass is 9.97. The lowest BCUT2D eigenvalue weighted by Gasteiger charge is -2.26. The summed E-state index contributed by atoms with van der Waals surface area (Å²) in [6.07, 6.45) is 0. The molecule has 244 valence electrons. The Labute approximate surface area is 338 Å². The van der Waals surface area contributed by atoms with Crippen molar-refractivity contribution in [3.8, 4) is 33.4 Å². The monoisotopic (exact) mass is 701 g/mol. The van der Waals surface area contributed by atoms with Gasteiger partial charge in [-0.2, -0.15) is 0 Å². The van der Waals surface area contributed by atoms with Gasteiger partial charge in [0.2, 0.25) is 0 Å². The van der Waals surface area contributed by atoms with Crippen LogP contribution < -0.4 is 4.90 Å². The summed E-state index contributed by atoms with van der Waals surface area (Å²) in [5.74, 6) is 0. The molecule has 0 N–H and O–H groups in total. The second-order valence-electron chi connectivity index (χ2n) is 11.6. The fourth-order valence-electron chi connectivity index (χ4n) is 6.24. The van der Waals surface area contributed by atoms with Gasteiger partial charge in [0.15, 0.2) is 0 Å². The van der Waals surface area contributed by atoms with Gasteiger partial charge in [0.25, 0.3) is 0 Å². The van der Waals surface area contributed by atoms with Crippen molar-refractivity contribution >= 4 is 70.1 Å². The number of anilines is 3. The van der Waals surface area contributed by atoms with Gasteiger partial charge < -0.3 is 4.90 Å². The van der Waals surface area contributed by atoms with Crippen molar-refractivity contribution in [1.82, 2.24) is 0 Å². The van der Waals surface area contributed by atoms with Gasteiger partial charge in [-0.1, -0.05) is 157 Å². The Hall–Kier alpha value is -6.48. The highest BCUT2D eigenvalue weighted by Gasteiger charge is 2.17. The normalized spacial score (nSPS) is 17.4. The molecule has 10 rings (SSSR count). The van der Waals surface area contributed by atoms with Crippen LogP contribution in [-0.4, -0.2) is 0 Å². The molecular weight excluding hydrogens is 647 g/mol. The summed E-state index contributed by atoms with van der Waals surface area (Å²) < 4.78 is 200. The molecule has 0 radical (unpaired) electrons. The number of hydrogen-bond donors (Lipinski definition) is 0. The number of rotatable bonds is 6. The molecule has 0 saturated heterocycles. The Morgan fingerprint density at radius 3 is 1.60 bits per heavy atom. The molecule has 2 heteroatoms. The van der Waals surface area contributed by atoms with E-state index in [0.717, 1.165) is 25.1 Å². The molecule has 1 heterocycles. The number of benzene rings is 9. The summed E-state index contributed by atoms with van der Waals surface area (Å²) in [5, 5.41) is -0.104. The SMILES string of the molecule is [2H]c1c([2H])c(N(c2cccc(-c3cccc4c3sc3ccccc34)c2)c2c([2H])c([2H])c(-c3c([2H])c([2H])c([2H])c4c([2H])c([2H])c([2H])c([2H])c34)c([2H])c2[2H])c([2H])c([2H])c1-c1c([2H])c([2H])c([2H])c2c([2H])c([2H])c([2H])c([2H])c12. The van der Waals surface area contributed by atoms with E-state index in [4.69, 9.17) is 19.2 Å². The molecule has 0 amide bonds. The van der Waals surface area contributed by atoms with Gasteiger partial charge in [-0.05, 0) is 97.3 Å². The van der Waals surface area contributed by atoms with Crippen molar-refractivity contribution in [2.24, 2.45) is 0 Å². The van der Waals surface area contributed by atoms with Crippen molar-refractivity contribution in [2.45, 2.75) is 0 Å². The number of hydrogen-bond acceptors (Lipinski definition) is 2. The third kappa shape index (κ3) is 5.24. The predicted molar refractivity (Wildman–Crippen MR) is 225 cm³/mol. The van der Waals surface area contributed by atoms with Crippen molar-refractivity contribution < 1.29 is 30.2 Å². The van der Waals surface area contributed by atoms with Crippen LogP contribution in [0.25, 0.3) is 75.1 Å². The zero-order chi connectivity index (χ0) is 53.6. The van der Waals surface area contributed by atoms with E-state index in [-0.39, 0.29) is 5.69 Å². The fraction of sp³-hybridized carbons (Fsp3) is 0. The summed E-state index contributed by atoms with van der Waals surface area (Å²) in [6, 6.07) is 1.60. The van der Waals surface area contributed by atoms with E-state index in [1.54, 1.807) is 18.2 Å². The lowest BCUT2D eigenvalue weighted by molar-refractivity contribution is 1.28. The number of thiophene rings is 1. The minimum atomic E-state index is -0.915. The molecule has 52 heavy (non-hydrogen) atoms. The van der Waals surface area contributed by atoms with E-state index in [1.807, 2.05) is 42.5 Å². The zero-order valence-corrected chi connectivity index (χ0v) is 27.5. The standard InChI is InChI=1S/C50H33NS/c1-3-17-42-34(11-1)13-8-20-44(42)36-25-29-39(30-26-36)51(40-31-27-37(28-32-40)45-21-9-14-35-12-2-4-18-43(35)45)41-16-7-15-38(33-41)46-22-10-23-48-47-19-5-6-24-49(47)52-50(46)48/h1-33H/i1D,2D,3D,4D,8D,9D,11D,12D,13D,14D,17D,18D,20D,21D,25D,26D,27D,28D,29D,30D,31D,32D. The Bertz CT molecular complexity index is 3930. The first-order chi connectivity index (χ1) is 35.0. The first-order valence-corrected chi connectivity index (χ1v) is 16.8. The molecule has 10 aromatic rings. The topological polar surface area (TPSA) is 3.24 Å². The van der Waals surface area contributed by atoms with Crippen molar-refractivity contribution in [3.63, 3.8) is 0 Å². The molecule has 0 saturated carbocycles. The maximum absolute atomic E-state index is 9.68. The van der Waals surface area contributed by atoms with Gasteiger partial charge in [-0.3, -0.25) is 0 Å². The smallest absolute Gasteiger partial charge is 0.0645 e. The first kappa shape index (κ1) is 15.4. The highest BCUT2D eigenvalue weighted by Crippen LogP contribution is 2.43. The summed E-state index contributed by atoms with van der Waals surface area (Å²) in [7, 11) is 0. The molecule has 0 spiro atoms. The molecule has 0 aliphatic heterocycles. The third-order valence-electron chi connectivity index (χ3n) is 8.62. The van der Waals surface area contributed by atoms with E-state index >= 15 is 0 Å². The summed E-state index contributed by atoms with van der Waals surface area (Å²) in [5.41, 5.74) is -2.67. The molecule has 0 fully saturated rings. The van der Waals surface area contributed by atoms with Crippen molar-refractivity contribution in [2.75, 3.05) is 4.90 Å². The van der Waals surface area contributed by atoms with Crippen molar-refractivity contribution in [3.05, 3.63) is 200 Å². The van der Waals surface area contributed by atoms with Gasteiger partial charge in [-0.15, -0.1) is 11.3 Å². The Balaban J connectivity index is 1.31. The Kier molecular flexibility index (Phi) is 3.76. The Morgan fingerprint density at radius 2 is 0.942 bits per heavy atom. The molecular formula is C50H33NS. The molecule has 0 unspecified atom stereocenters. The molecule has 0 bridgehead atoms. The maximum atomic E-state index is 9.68. The van der Waals surface area contributed by atoms with Crippen LogP contribution in [0, 0.1) is 0 Å². The Morgan fingerprint density at radius 1 is 0.385 bits per heavy atom. The average Bonchev–Trinajstić information content (AvgIpc) is 3.80. The van der Waals surface area contributed by atoms with Gasteiger partial charge in [-0.25, -0.2) is 0 Å². The lowest BCUT2D eigenvalue weighted by Crippen LogP contribution is -2.10. The largest absolute Gasteiger partial charge is 0.310 e. The van der Waals surface area contributed by atoms with Crippen LogP contribution in [0.5, 0.6) is 0 Å². The highest BCUT2D eigenvalue weighted by atomic mass is 32.1. The molecule has 0 atom stereocenters. The minimum absolute atomic E-state index is 0.0248. The average molecular weight is 702 g/mol. The van der Waals surface area contributed by atoms with E-state index in [2.05, 4.69) is 0 Å². The summed E-state index contributed by atoms with van der Waals surface area (Å²) in [4.78, 5) is 0.979. The predicted octanol–water partition coefficient (Wildman–Crippen LogP) is 14.8. The van der Waals surface area contributed by atoms with Crippen molar-refractivity contribution in [1.29, 1.82) is 0 Å². The van der Waals surface area contributed by atoms with Crippen LogP contribution in [0.3, 0.4) is 0 Å².